The standard InChI is InChI=1S/C37H45F2N7O3/c1-44(49)35(7-4-22-47)43-27-12-8-26(9-13-27)32-18-21-46(24-37(32,38)39)29-16-19-45(20-17-29)28-14-10-25(11-15-28)31(36(41)42)23-33(40)30-5-2-3-6-34(30)48/h2-3,5-6,8-15,22-23,29,32,35,40,43,48-49H,4,7,16-21,24H2,1H3,(H3,41,42)/b31-23-,40-33?. The lowest BCUT2D eigenvalue weighted by atomic mass is 9.85. The Morgan fingerprint density at radius 2 is 1.71 bits per heavy atom. The Kier molecular flexibility index (Phi) is 11.4. The lowest BCUT2D eigenvalue weighted by Gasteiger charge is -2.45. The van der Waals surface area contributed by atoms with Crippen molar-refractivity contribution in [1.82, 2.24) is 9.96 Å². The first-order chi connectivity index (χ1) is 23.5. The summed E-state index contributed by atoms with van der Waals surface area (Å²) in [4.78, 5) is 14.9. The molecular formula is C37H45F2N7O3. The fourth-order valence-electron chi connectivity index (χ4n) is 6.85. The zero-order valence-electron chi connectivity index (χ0n) is 27.7. The summed E-state index contributed by atoms with van der Waals surface area (Å²) >= 11 is 0. The van der Waals surface area contributed by atoms with E-state index in [1.165, 1.54) is 19.2 Å². The molecule has 3 aromatic carbocycles. The highest BCUT2D eigenvalue weighted by atomic mass is 19.3. The Bertz CT molecular complexity index is 1640. The molecule has 2 atom stereocenters. The van der Waals surface area contributed by atoms with Gasteiger partial charge in [0.1, 0.15) is 24.0 Å². The number of hydroxylamine groups is 2. The molecule has 2 saturated heterocycles. The number of carbonyl (C=O) groups is 1. The highest BCUT2D eigenvalue weighted by molar-refractivity contribution is 6.27. The van der Waals surface area contributed by atoms with Gasteiger partial charge in [-0.25, -0.2) is 8.78 Å². The number of phenols is 1. The van der Waals surface area contributed by atoms with Crippen molar-refractivity contribution >= 4 is 34.8 Å². The van der Waals surface area contributed by atoms with E-state index in [9.17, 15) is 15.1 Å². The Balaban J connectivity index is 1.16. The molecule has 3 aromatic rings. The van der Waals surface area contributed by atoms with E-state index in [4.69, 9.17) is 16.6 Å². The van der Waals surface area contributed by atoms with Crippen LogP contribution in [0.15, 0.2) is 78.9 Å². The predicted octanol–water partition coefficient (Wildman–Crippen LogP) is 5.91. The van der Waals surface area contributed by atoms with Crippen LogP contribution in [-0.4, -0.2) is 89.5 Å². The summed E-state index contributed by atoms with van der Waals surface area (Å²) in [5.41, 5.74) is 9.59. The average Bonchev–Trinajstić information content (AvgIpc) is 3.09. The van der Waals surface area contributed by atoms with Crippen LogP contribution in [0.4, 0.5) is 20.2 Å². The van der Waals surface area contributed by atoms with Crippen LogP contribution < -0.4 is 16.0 Å². The lowest BCUT2D eigenvalue weighted by molar-refractivity contribution is -0.111. The van der Waals surface area contributed by atoms with E-state index in [0.29, 0.717) is 47.3 Å². The van der Waals surface area contributed by atoms with Crippen molar-refractivity contribution in [3.8, 4) is 5.75 Å². The number of hydrogen-bond acceptors (Lipinski definition) is 9. The minimum absolute atomic E-state index is 0.0206. The van der Waals surface area contributed by atoms with Gasteiger partial charge in [-0.15, -0.1) is 0 Å². The SMILES string of the molecule is CN(O)C(CCC=O)Nc1ccc(C2CCN(C3CCN(c4ccc(/C(=C/C(=N)c5ccccc5O)C(=N)N)cc4)CC3)CC2(F)F)cc1. The number of nitrogens with two attached hydrogens (primary N) is 1. The summed E-state index contributed by atoms with van der Waals surface area (Å²) in [6, 6.07) is 21.2. The Hall–Kier alpha value is -4.65. The highest BCUT2D eigenvalue weighted by Crippen LogP contribution is 2.42. The fourth-order valence-corrected chi connectivity index (χ4v) is 6.85. The Morgan fingerprint density at radius 1 is 1.04 bits per heavy atom. The normalized spacial score (nSPS) is 19.4. The van der Waals surface area contributed by atoms with Gasteiger partial charge in [-0.2, -0.15) is 5.06 Å². The first-order valence-corrected chi connectivity index (χ1v) is 16.6. The molecule has 0 spiro atoms. The minimum Gasteiger partial charge on any atom is -0.507 e. The smallest absolute Gasteiger partial charge is 0.267 e. The van der Waals surface area contributed by atoms with Crippen molar-refractivity contribution in [2.24, 2.45) is 5.73 Å². The van der Waals surface area contributed by atoms with Crippen LogP contribution in [-0.2, 0) is 4.79 Å². The molecule has 0 radical (unpaired) electrons. The molecule has 0 bridgehead atoms. The molecule has 10 nitrogen and oxygen atoms in total. The van der Waals surface area contributed by atoms with Crippen LogP contribution in [0.5, 0.6) is 5.75 Å². The molecule has 12 heteroatoms. The van der Waals surface area contributed by atoms with Crippen molar-refractivity contribution < 1.29 is 23.9 Å². The van der Waals surface area contributed by atoms with Gasteiger partial charge in [-0.05, 0) is 85.8 Å². The monoisotopic (exact) mass is 673 g/mol. The summed E-state index contributed by atoms with van der Waals surface area (Å²) in [5, 5.41) is 40.6. The second-order valence-corrected chi connectivity index (χ2v) is 12.8. The number of phenolic OH excluding ortho intramolecular Hbond substituents is 1. The molecular weight excluding hydrogens is 628 g/mol. The number of allylic oxidation sites excluding steroid dienone is 1. The number of piperidine rings is 2. The molecule has 0 aromatic heterocycles. The van der Waals surface area contributed by atoms with E-state index in [-0.39, 0.29) is 36.3 Å². The molecule has 2 unspecified atom stereocenters. The summed E-state index contributed by atoms with van der Waals surface area (Å²) in [7, 11) is 1.49. The van der Waals surface area contributed by atoms with Crippen molar-refractivity contribution in [3.05, 3.63) is 95.6 Å². The van der Waals surface area contributed by atoms with Crippen LogP contribution in [0.1, 0.15) is 54.7 Å². The summed E-state index contributed by atoms with van der Waals surface area (Å²) in [6.07, 6.45) is 4.40. The molecule has 260 valence electrons. The van der Waals surface area contributed by atoms with Crippen LogP contribution in [0.3, 0.4) is 0 Å². The van der Waals surface area contributed by atoms with Crippen molar-refractivity contribution in [3.63, 3.8) is 0 Å². The summed E-state index contributed by atoms with van der Waals surface area (Å²) in [5.74, 6) is -3.96. The number of nitrogens with one attached hydrogen (secondary N) is 3. The van der Waals surface area contributed by atoms with Gasteiger partial charge in [0.25, 0.3) is 5.92 Å². The van der Waals surface area contributed by atoms with Crippen molar-refractivity contribution in [1.29, 1.82) is 10.8 Å². The molecule has 5 rings (SSSR count). The van der Waals surface area contributed by atoms with Crippen molar-refractivity contribution in [2.75, 3.05) is 43.4 Å². The van der Waals surface area contributed by atoms with Gasteiger partial charge in [-0.1, -0.05) is 36.4 Å². The summed E-state index contributed by atoms with van der Waals surface area (Å²) < 4.78 is 31.2. The second kappa shape index (κ2) is 15.7. The van der Waals surface area contributed by atoms with E-state index in [2.05, 4.69) is 10.2 Å². The van der Waals surface area contributed by atoms with E-state index in [1.807, 2.05) is 29.2 Å². The molecule has 0 aliphatic carbocycles. The Labute approximate surface area is 285 Å². The number of rotatable bonds is 13. The number of para-hydroxylation sites is 1. The maximum absolute atomic E-state index is 15.6. The third kappa shape index (κ3) is 8.69. The van der Waals surface area contributed by atoms with Gasteiger partial charge in [0.15, 0.2) is 0 Å². The van der Waals surface area contributed by atoms with Crippen molar-refractivity contribution in [2.45, 2.75) is 56.2 Å². The molecule has 0 saturated carbocycles. The molecule has 0 amide bonds. The van der Waals surface area contributed by atoms with Gasteiger partial charge in [-0.3, -0.25) is 10.3 Å². The number of aldehydes is 1. The topological polar surface area (TPSA) is 153 Å². The number of anilines is 2. The number of likely N-dealkylation sites (tertiary alicyclic amines) is 1. The summed E-state index contributed by atoms with van der Waals surface area (Å²) in [6.45, 7) is 1.77. The number of hydrogen-bond donors (Lipinski definition) is 6. The van der Waals surface area contributed by atoms with E-state index in [1.54, 1.807) is 42.5 Å². The van der Waals surface area contributed by atoms with Crippen LogP contribution in [0.2, 0.25) is 0 Å². The number of aromatic hydroxyl groups is 1. The molecule has 49 heavy (non-hydrogen) atoms. The highest BCUT2D eigenvalue weighted by Gasteiger charge is 2.46. The van der Waals surface area contributed by atoms with Gasteiger partial charge < -0.3 is 36.5 Å². The number of benzene rings is 3. The molecule has 2 aliphatic rings. The second-order valence-electron chi connectivity index (χ2n) is 12.8. The van der Waals surface area contributed by atoms with Gasteiger partial charge in [0, 0.05) is 55.1 Å². The molecule has 2 heterocycles. The van der Waals surface area contributed by atoms with E-state index in [0.717, 1.165) is 43.0 Å². The number of nitrogens with zero attached hydrogens (tertiary/aromatic N) is 3. The predicted molar refractivity (Wildman–Crippen MR) is 189 cm³/mol. The fraction of sp³-hybridized carbons (Fsp3) is 0.378. The largest absolute Gasteiger partial charge is 0.507 e. The number of amidine groups is 1. The Morgan fingerprint density at radius 3 is 2.31 bits per heavy atom. The lowest BCUT2D eigenvalue weighted by Crippen LogP contribution is -2.54. The number of halogens is 2. The first kappa shape index (κ1) is 35.7. The maximum atomic E-state index is 15.6. The molecule has 2 aliphatic heterocycles. The maximum Gasteiger partial charge on any atom is 0.267 e. The zero-order valence-corrected chi connectivity index (χ0v) is 27.7. The molecule has 2 fully saturated rings. The third-order valence-electron chi connectivity index (χ3n) is 9.58. The molecule has 7 N–H and O–H groups in total. The van der Waals surface area contributed by atoms with E-state index >= 15 is 8.78 Å². The van der Waals surface area contributed by atoms with Gasteiger partial charge >= 0.3 is 0 Å². The van der Waals surface area contributed by atoms with Crippen LogP contribution in [0.25, 0.3) is 5.57 Å². The number of carbonyl (C=O) groups excluding carboxylic acids is 1. The average molecular weight is 674 g/mol. The van der Waals surface area contributed by atoms with Crippen LogP contribution >= 0.6 is 0 Å². The zero-order chi connectivity index (χ0) is 35.1. The van der Waals surface area contributed by atoms with Gasteiger partial charge in [0.2, 0.25) is 0 Å². The first-order valence-electron chi connectivity index (χ1n) is 16.6. The number of alkyl halides is 2. The van der Waals surface area contributed by atoms with E-state index < -0.39 is 18.0 Å². The van der Waals surface area contributed by atoms with Gasteiger partial charge in [0.05, 0.1) is 18.2 Å². The quantitative estimate of drug-likeness (QED) is 0.0431. The minimum atomic E-state index is -2.88. The van der Waals surface area contributed by atoms with Crippen LogP contribution in [0, 0.1) is 10.8 Å². The third-order valence-corrected chi connectivity index (χ3v) is 9.58.